The maximum atomic E-state index is 6.11. The molecule has 1 fully saturated rings. The van der Waals surface area contributed by atoms with E-state index in [0.717, 1.165) is 18.8 Å². The van der Waals surface area contributed by atoms with Gasteiger partial charge in [0.25, 0.3) is 0 Å². The summed E-state index contributed by atoms with van der Waals surface area (Å²) in [6.45, 7) is 5.91. The SMILES string of the molecule is CCC1CCC(N)C(OCCOCCOCCOC)C1. The summed E-state index contributed by atoms with van der Waals surface area (Å²) in [5.41, 5.74) is 6.11. The molecule has 20 heavy (non-hydrogen) atoms. The lowest BCUT2D eigenvalue weighted by Gasteiger charge is -2.33. The predicted molar refractivity (Wildman–Crippen MR) is 78.9 cm³/mol. The zero-order chi connectivity index (χ0) is 14.6. The highest BCUT2D eigenvalue weighted by Gasteiger charge is 2.27. The Morgan fingerprint density at radius 1 is 0.950 bits per heavy atom. The minimum Gasteiger partial charge on any atom is -0.382 e. The van der Waals surface area contributed by atoms with Gasteiger partial charge in [-0.3, -0.25) is 0 Å². The van der Waals surface area contributed by atoms with Gasteiger partial charge in [0, 0.05) is 13.2 Å². The van der Waals surface area contributed by atoms with Crippen molar-refractivity contribution in [2.24, 2.45) is 11.7 Å². The molecule has 5 heteroatoms. The fraction of sp³-hybridized carbons (Fsp3) is 1.00. The summed E-state index contributed by atoms with van der Waals surface area (Å²) >= 11 is 0. The monoisotopic (exact) mass is 289 g/mol. The third-order valence-electron chi connectivity index (χ3n) is 3.89. The molecule has 0 bridgehead atoms. The molecule has 0 aromatic carbocycles. The fourth-order valence-corrected chi connectivity index (χ4v) is 2.52. The van der Waals surface area contributed by atoms with Gasteiger partial charge in [0.1, 0.15) is 0 Å². The van der Waals surface area contributed by atoms with Gasteiger partial charge in [-0.1, -0.05) is 13.3 Å². The van der Waals surface area contributed by atoms with Crippen molar-refractivity contribution in [3.8, 4) is 0 Å². The molecule has 1 aliphatic rings. The topological polar surface area (TPSA) is 62.9 Å². The standard InChI is InChI=1S/C15H31NO4/c1-3-13-4-5-14(16)15(12-13)20-11-10-19-9-8-18-7-6-17-2/h13-15H,3-12,16H2,1-2H3. The second-order valence-corrected chi connectivity index (χ2v) is 5.38. The van der Waals surface area contributed by atoms with Crippen LogP contribution in [-0.4, -0.2) is 58.9 Å². The van der Waals surface area contributed by atoms with E-state index in [1.807, 2.05) is 0 Å². The molecule has 0 aromatic rings. The first kappa shape index (κ1) is 17.9. The highest BCUT2D eigenvalue weighted by molar-refractivity contribution is 4.82. The van der Waals surface area contributed by atoms with Gasteiger partial charge in [-0.25, -0.2) is 0 Å². The Morgan fingerprint density at radius 3 is 2.25 bits per heavy atom. The van der Waals surface area contributed by atoms with Crippen LogP contribution in [0.2, 0.25) is 0 Å². The maximum Gasteiger partial charge on any atom is 0.0729 e. The van der Waals surface area contributed by atoms with Crippen molar-refractivity contribution in [1.82, 2.24) is 0 Å². The molecule has 0 aromatic heterocycles. The van der Waals surface area contributed by atoms with Crippen LogP contribution >= 0.6 is 0 Å². The Bertz CT molecular complexity index is 228. The highest BCUT2D eigenvalue weighted by Crippen LogP contribution is 2.27. The molecule has 0 heterocycles. The Balaban J connectivity index is 1.94. The van der Waals surface area contributed by atoms with Crippen LogP contribution in [0.4, 0.5) is 0 Å². The number of rotatable bonds is 11. The first-order valence-corrected chi connectivity index (χ1v) is 7.79. The third kappa shape index (κ3) is 7.55. The van der Waals surface area contributed by atoms with E-state index in [9.17, 15) is 0 Å². The summed E-state index contributed by atoms with van der Waals surface area (Å²) in [5.74, 6) is 0.773. The Labute approximate surface area is 123 Å². The lowest BCUT2D eigenvalue weighted by molar-refractivity contribution is -0.0390. The summed E-state index contributed by atoms with van der Waals surface area (Å²) in [6.07, 6.45) is 4.85. The molecule has 0 amide bonds. The molecular formula is C15H31NO4. The number of nitrogens with two attached hydrogens (primary N) is 1. The molecule has 0 spiro atoms. The van der Waals surface area contributed by atoms with Crippen LogP contribution in [0.5, 0.6) is 0 Å². The van der Waals surface area contributed by atoms with Gasteiger partial charge < -0.3 is 24.7 Å². The van der Waals surface area contributed by atoms with E-state index in [-0.39, 0.29) is 12.1 Å². The first-order chi connectivity index (χ1) is 9.77. The van der Waals surface area contributed by atoms with Crippen molar-refractivity contribution < 1.29 is 18.9 Å². The van der Waals surface area contributed by atoms with Crippen molar-refractivity contribution >= 4 is 0 Å². The molecule has 1 saturated carbocycles. The Hall–Kier alpha value is -0.200. The molecule has 120 valence electrons. The van der Waals surface area contributed by atoms with Gasteiger partial charge in [0.05, 0.1) is 45.7 Å². The van der Waals surface area contributed by atoms with Gasteiger partial charge in [-0.05, 0) is 25.2 Å². The van der Waals surface area contributed by atoms with E-state index in [1.54, 1.807) is 7.11 Å². The lowest BCUT2D eigenvalue weighted by atomic mass is 9.83. The van der Waals surface area contributed by atoms with E-state index in [4.69, 9.17) is 24.7 Å². The molecule has 2 N–H and O–H groups in total. The van der Waals surface area contributed by atoms with E-state index in [0.29, 0.717) is 39.6 Å². The van der Waals surface area contributed by atoms with Crippen molar-refractivity contribution in [3.63, 3.8) is 0 Å². The van der Waals surface area contributed by atoms with Crippen LogP contribution in [-0.2, 0) is 18.9 Å². The summed E-state index contributed by atoms with van der Waals surface area (Å²) < 4.78 is 21.5. The first-order valence-electron chi connectivity index (χ1n) is 7.79. The molecule has 3 atom stereocenters. The summed E-state index contributed by atoms with van der Waals surface area (Å²) in [6, 6.07) is 0.190. The van der Waals surface area contributed by atoms with Crippen molar-refractivity contribution in [2.45, 2.75) is 44.8 Å². The predicted octanol–water partition coefficient (Wildman–Crippen LogP) is 1.59. The fourth-order valence-electron chi connectivity index (χ4n) is 2.52. The van der Waals surface area contributed by atoms with E-state index in [1.165, 1.54) is 12.8 Å². The molecule has 0 radical (unpaired) electrons. The molecule has 0 saturated heterocycles. The Kier molecular flexibility index (Phi) is 10.2. The van der Waals surface area contributed by atoms with Gasteiger partial charge in [-0.15, -0.1) is 0 Å². The van der Waals surface area contributed by atoms with Crippen molar-refractivity contribution in [2.75, 3.05) is 46.8 Å². The van der Waals surface area contributed by atoms with Crippen molar-refractivity contribution in [1.29, 1.82) is 0 Å². The molecule has 3 unspecified atom stereocenters. The Morgan fingerprint density at radius 2 is 1.60 bits per heavy atom. The summed E-state index contributed by atoms with van der Waals surface area (Å²) in [7, 11) is 1.66. The van der Waals surface area contributed by atoms with Crippen LogP contribution in [0.25, 0.3) is 0 Å². The number of hydrogen-bond donors (Lipinski definition) is 1. The average Bonchev–Trinajstić information content (AvgIpc) is 2.47. The molecular weight excluding hydrogens is 258 g/mol. The minimum atomic E-state index is 0.190. The highest BCUT2D eigenvalue weighted by atomic mass is 16.6. The number of ether oxygens (including phenoxy) is 4. The third-order valence-corrected chi connectivity index (χ3v) is 3.89. The van der Waals surface area contributed by atoms with Crippen LogP contribution in [0, 0.1) is 5.92 Å². The lowest BCUT2D eigenvalue weighted by Crippen LogP contribution is -2.42. The molecule has 1 rings (SSSR count). The van der Waals surface area contributed by atoms with Gasteiger partial charge in [0.15, 0.2) is 0 Å². The average molecular weight is 289 g/mol. The van der Waals surface area contributed by atoms with E-state index in [2.05, 4.69) is 6.92 Å². The van der Waals surface area contributed by atoms with E-state index >= 15 is 0 Å². The van der Waals surface area contributed by atoms with Gasteiger partial charge in [-0.2, -0.15) is 0 Å². The normalized spacial score (nSPS) is 26.9. The zero-order valence-corrected chi connectivity index (χ0v) is 13.0. The van der Waals surface area contributed by atoms with Crippen molar-refractivity contribution in [3.05, 3.63) is 0 Å². The zero-order valence-electron chi connectivity index (χ0n) is 13.0. The summed E-state index contributed by atoms with van der Waals surface area (Å²) in [4.78, 5) is 0. The van der Waals surface area contributed by atoms with E-state index < -0.39 is 0 Å². The second kappa shape index (κ2) is 11.5. The second-order valence-electron chi connectivity index (χ2n) is 5.38. The largest absolute Gasteiger partial charge is 0.382 e. The number of methoxy groups -OCH3 is 1. The quantitative estimate of drug-likeness (QED) is 0.585. The van der Waals surface area contributed by atoms with Crippen LogP contribution < -0.4 is 5.73 Å². The maximum absolute atomic E-state index is 6.11. The van der Waals surface area contributed by atoms with Gasteiger partial charge in [0.2, 0.25) is 0 Å². The van der Waals surface area contributed by atoms with Crippen LogP contribution in [0.1, 0.15) is 32.6 Å². The number of hydrogen-bond acceptors (Lipinski definition) is 5. The summed E-state index contributed by atoms with van der Waals surface area (Å²) in [5, 5.41) is 0. The van der Waals surface area contributed by atoms with Crippen LogP contribution in [0.3, 0.4) is 0 Å². The molecule has 0 aliphatic heterocycles. The smallest absolute Gasteiger partial charge is 0.0729 e. The molecule has 5 nitrogen and oxygen atoms in total. The van der Waals surface area contributed by atoms with Crippen LogP contribution in [0.15, 0.2) is 0 Å². The minimum absolute atomic E-state index is 0.190. The molecule has 1 aliphatic carbocycles. The van der Waals surface area contributed by atoms with Gasteiger partial charge >= 0.3 is 0 Å².